The van der Waals surface area contributed by atoms with Crippen LogP contribution in [0.1, 0.15) is 17.5 Å². The van der Waals surface area contributed by atoms with Gasteiger partial charge in [0.2, 0.25) is 0 Å². The van der Waals surface area contributed by atoms with Crippen LogP contribution in [0.3, 0.4) is 0 Å². The summed E-state index contributed by atoms with van der Waals surface area (Å²) in [4.78, 5) is 0. The molecule has 3 N–H and O–H groups in total. The molecule has 74 valence electrons. The first kappa shape index (κ1) is 11.0. The van der Waals surface area contributed by atoms with E-state index >= 15 is 0 Å². The molecular weight excluding hydrogens is 240 g/mol. The summed E-state index contributed by atoms with van der Waals surface area (Å²) < 4.78 is 0. The second-order valence-corrected chi connectivity index (χ2v) is 3.71. The van der Waals surface area contributed by atoms with Crippen molar-refractivity contribution < 1.29 is 0 Å². The largest absolute Gasteiger partial charge is 0.384 e. The fraction of sp³-hybridized carbons (Fsp3) is 0.182. The van der Waals surface area contributed by atoms with Gasteiger partial charge in [-0.3, -0.25) is 5.41 Å². The highest BCUT2D eigenvalue weighted by Gasteiger charge is 1.95. The van der Waals surface area contributed by atoms with Crippen molar-refractivity contribution in [1.29, 1.82) is 5.41 Å². The molecule has 0 heterocycles. The molecule has 0 atom stereocenters. The average Bonchev–Trinajstić information content (AvgIpc) is 2.19. The Kier molecular flexibility index (Phi) is 4.40. The summed E-state index contributed by atoms with van der Waals surface area (Å²) in [6, 6.07) is 7.65. The van der Waals surface area contributed by atoms with E-state index in [9.17, 15) is 0 Å². The molecule has 0 aliphatic heterocycles. The van der Waals surface area contributed by atoms with Crippen molar-refractivity contribution >= 4 is 27.8 Å². The molecule has 0 unspecified atom stereocenters. The molecule has 0 aromatic heterocycles. The minimum atomic E-state index is 0.112. The number of amidine groups is 1. The van der Waals surface area contributed by atoms with E-state index in [2.05, 4.69) is 22.0 Å². The van der Waals surface area contributed by atoms with Gasteiger partial charge in [0.05, 0.1) is 0 Å². The van der Waals surface area contributed by atoms with E-state index in [0.29, 0.717) is 0 Å². The van der Waals surface area contributed by atoms with E-state index in [4.69, 9.17) is 11.1 Å². The number of benzene rings is 1. The predicted octanol–water partition coefficient (Wildman–Crippen LogP) is 2.77. The van der Waals surface area contributed by atoms with Gasteiger partial charge in [0.1, 0.15) is 5.84 Å². The third-order valence-electron chi connectivity index (χ3n) is 1.78. The molecule has 2 nitrogen and oxygen atoms in total. The fourth-order valence-corrected chi connectivity index (χ4v) is 1.36. The lowest BCUT2D eigenvalue weighted by molar-refractivity contribution is 1.27. The Morgan fingerprint density at radius 1 is 1.50 bits per heavy atom. The molecule has 0 radical (unpaired) electrons. The van der Waals surface area contributed by atoms with Crippen molar-refractivity contribution in [1.82, 2.24) is 0 Å². The lowest BCUT2D eigenvalue weighted by Gasteiger charge is -1.99. The minimum Gasteiger partial charge on any atom is -0.384 e. The van der Waals surface area contributed by atoms with Gasteiger partial charge >= 0.3 is 0 Å². The Labute approximate surface area is 92.5 Å². The molecule has 0 bridgehead atoms. The highest BCUT2D eigenvalue weighted by atomic mass is 79.9. The van der Waals surface area contributed by atoms with Gasteiger partial charge in [-0.25, -0.2) is 0 Å². The summed E-state index contributed by atoms with van der Waals surface area (Å²) >= 11 is 3.36. The van der Waals surface area contributed by atoms with Crippen molar-refractivity contribution in [2.75, 3.05) is 5.33 Å². The third-order valence-corrected chi connectivity index (χ3v) is 2.24. The Balaban J connectivity index is 2.78. The number of nitrogens with two attached hydrogens (primary N) is 1. The van der Waals surface area contributed by atoms with Crippen LogP contribution in [0.5, 0.6) is 0 Å². The molecular formula is C11H13BrN2. The lowest BCUT2D eigenvalue weighted by Crippen LogP contribution is -2.10. The maximum atomic E-state index is 7.29. The summed E-state index contributed by atoms with van der Waals surface area (Å²) in [6.45, 7) is 0. The van der Waals surface area contributed by atoms with Gasteiger partial charge in [0.15, 0.2) is 0 Å². The topological polar surface area (TPSA) is 49.9 Å². The van der Waals surface area contributed by atoms with Crippen molar-refractivity contribution in [2.24, 2.45) is 5.73 Å². The zero-order valence-corrected chi connectivity index (χ0v) is 9.42. The molecule has 0 saturated carbocycles. The Morgan fingerprint density at radius 2 is 2.29 bits per heavy atom. The van der Waals surface area contributed by atoms with Gasteiger partial charge in [0, 0.05) is 10.9 Å². The first-order valence-corrected chi connectivity index (χ1v) is 5.53. The van der Waals surface area contributed by atoms with E-state index in [0.717, 1.165) is 22.9 Å². The van der Waals surface area contributed by atoms with Crippen molar-refractivity contribution in [3.63, 3.8) is 0 Å². The van der Waals surface area contributed by atoms with Crippen LogP contribution in [0.15, 0.2) is 30.3 Å². The second kappa shape index (κ2) is 5.60. The maximum absolute atomic E-state index is 7.29. The number of allylic oxidation sites excluding steroid dienone is 1. The van der Waals surface area contributed by atoms with E-state index in [1.54, 1.807) is 0 Å². The highest BCUT2D eigenvalue weighted by molar-refractivity contribution is 9.09. The molecule has 3 heteroatoms. The molecule has 0 amide bonds. The van der Waals surface area contributed by atoms with Crippen LogP contribution in [-0.2, 0) is 0 Å². The van der Waals surface area contributed by atoms with Crippen LogP contribution in [0.25, 0.3) is 6.08 Å². The molecule has 1 aromatic rings. The van der Waals surface area contributed by atoms with Crippen LogP contribution in [0.4, 0.5) is 0 Å². The van der Waals surface area contributed by atoms with Crippen molar-refractivity contribution in [3.05, 3.63) is 41.5 Å². The third kappa shape index (κ3) is 3.34. The van der Waals surface area contributed by atoms with Gasteiger partial charge in [0.25, 0.3) is 0 Å². The van der Waals surface area contributed by atoms with E-state index in [1.165, 1.54) is 0 Å². The number of hydrogen-bond acceptors (Lipinski definition) is 1. The molecule has 0 spiro atoms. The van der Waals surface area contributed by atoms with Crippen LogP contribution >= 0.6 is 15.9 Å². The van der Waals surface area contributed by atoms with Crippen LogP contribution in [-0.4, -0.2) is 11.2 Å². The van der Waals surface area contributed by atoms with Crippen molar-refractivity contribution in [2.45, 2.75) is 6.42 Å². The number of alkyl halides is 1. The molecule has 0 aliphatic carbocycles. The number of nitrogens with one attached hydrogen (secondary N) is 1. The van der Waals surface area contributed by atoms with Gasteiger partial charge < -0.3 is 5.73 Å². The van der Waals surface area contributed by atoms with Gasteiger partial charge in [-0.15, -0.1) is 0 Å². The zero-order chi connectivity index (χ0) is 10.4. The van der Waals surface area contributed by atoms with E-state index in [-0.39, 0.29) is 5.84 Å². The standard InChI is InChI=1S/C11H13BrN2/c12-7-2-1-4-9-5-3-6-10(8-9)11(13)14/h1,3-6,8H,2,7H2,(H3,13,14). The molecule has 0 aliphatic rings. The first-order valence-electron chi connectivity index (χ1n) is 4.41. The quantitative estimate of drug-likeness (QED) is 0.484. The van der Waals surface area contributed by atoms with Gasteiger partial charge in [-0.2, -0.15) is 0 Å². The van der Waals surface area contributed by atoms with Crippen LogP contribution in [0, 0.1) is 5.41 Å². The minimum absolute atomic E-state index is 0.112. The van der Waals surface area contributed by atoms with E-state index < -0.39 is 0 Å². The highest BCUT2D eigenvalue weighted by Crippen LogP contribution is 2.07. The predicted molar refractivity (Wildman–Crippen MR) is 64.9 cm³/mol. The van der Waals surface area contributed by atoms with Gasteiger partial charge in [-0.1, -0.05) is 46.3 Å². The van der Waals surface area contributed by atoms with E-state index in [1.807, 2.05) is 30.3 Å². The normalized spacial score (nSPS) is 10.6. The van der Waals surface area contributed by atoms with Gasteiger partial charge in [-0.05, 0) is 18.1 Å². The summed E-state index contributed by atoms with van der Waals surface area (Å²) in [7, 11) is 0. The maximum Gasteiger partial charge on any atom is 0.122 e. The number of halogens is 1. The molecule has 1 rings (SSSR count). The number of hydrogen-bond donors (Lipinski definition) is 2. The average molecular weight is 253 g/mol. The Morgan fingerprint density at radius 3 is 2.93 bits per heavy atom. The first-order chi connectivity index (χ1) is 6.74. The Hall–Kier alpha value is -1.09. The SMILES string of the molecule is N=C(N)c1cccc(C=CCCBr)c1. The summed E-state index contributed by atoms with van der Waals surface area (Å²) in [5.74, 6) is 0.112. The second-order valence-electron chi connectivity index (χ2n) is 2.92. The summed E-state index contributed by atoms with van der Waals surface area (Å²) in [5.41, 5.74) is 7.24. The molecule has 0 fully saturated rings. The van der Waals surface area contributed by atoms with Crippen LogP contribution < -0.4 is 5.73 Å². The van der Waals surface area contributed by atoms with Crippen molar-refractivity contribution in [3.8, 4) is 0 Å². The Bertz CT molecular complexity index is 345. The molecule has 0 saturated heterocycles. The van der Waals surface area contributed by atoms with Crippen LogP contribution in [0.2, 0.25) is 0 Å². The zero-order valence-electron chi connectivity index (χ0n) is 7.83. The molecule has 1 aromatic carbocycles. The molecule has 14 heavy (non-hydrogen) atoms. The summed E-state index contributed by atoms with van der Waals surface area (Å²) in [6.07, 6.45) is 5.13. The number of nitrogen functional groups attached to an aromatic ring is 1. The monoisotopic (exact) mass is 252 g/mol. The lowest BCUT2D eigenvalue weighted by atomic mass is 10.1. The fourth-order valence-electron chi connectivity index (χ4n) is 1.09. The smallest absolute Gasteiger partial charge is 0.122 e. The number of rotatable bonds is 4. The summed E-state index contributed by atoms with van der Waals surface area (Å²) in [5, 5.41) is 8.26.